The number of nitrogens with zero attached hydrogens (tertiary/aromatic N) is 1. The molecule has 1 aliphatic heterocycles. The Labute approximate surface area is 225 Å². The van der Waals surface area contributed by atoms with E-state index in [1.165, 1.54) is 17.7 Å². The number of ketones is 1. The normalized spacial score (nSPS) is 22.3. The molecule has 0 radical (unpaired) electrons. The van der Waals surface area contributed by atoms with Crippen molar-refractivity contribution in [3.8, 4) is 22.6 Å². The molecule has 2 fully saturated rings. The molecular formula is C32H38FN2O3+. The van der Waals surface area contributed by atoms with E-state index in [9.17, 15) is 9.18 Å². The second kappa shape index (κ2) is 11.6. The molecule has 1 saturated carbocycles. The minimum atomic E-state index is -0.264. The summed E-state index contributed by atoms with van der Waals surface area (Å²) < 4.78 is 25.8. The number of hydrogen-bond acceptors (Lipinski definition) is 4. The number of carbonyl (C=O) groups excluding carboxylic acids is 1. The first-order valence-electron chi connectivity index (χ1n) is 14.0. The van der Waals surface area contributed by atoms with Gasteiger partial charge in [0.25, 0.3) is 0 Å². The number of ether oxygens (including phenoxy) is 2. The Hall–Kier alpha value is -3.25. The van der Waals surface area contributed by atoms with Crippen molar-refractivity contribution in [3.63, 3.8) is 0 Å². The molecule has 38 heavy (non-hydrogen) atoms. The van der Waals surface area contributed by atoms with Gasteiger partial charge in [-0.1, -0.05) is 12.1 Å². The fourth-order valence-corrected chi connectivity index (χ4v) is 6.58. The number of fused-ring (bicyclic) bond motifs is 1. The van der Waals surface area contributed by atoms with Crippen molar-refractivity contribution in [3.05, 3.63) is 77.4 Å². The van der Waals surface area contributed by atoms with Gasteiger partial charge in [0.2, 0.25) is 0 Å². The second-order valence-corrected chi connectivity index (χ2v) is 10.7. The van der Waals surface area contributed by atoms with Crippen LogP contribution in [-0.2, 0) is 6.54 Å². The maximum atomic E-state index is 13.6. The van der Waals surface area contributed by atoms with Crippen molar-refractivity contribution in [2.45, 2.75) is 59.0 Å². The molecule has 3 aromatic rings. The van der Waals surface area contributed by atoms with Gasteiger partial charge in [-0.25, -0.2) is 4.39 Å². The van der Waals surface area contributed by atoms with Gasteiger partial charge in [-0.15, -0.1) is 0 Å². The number of carbonyl (C=O) groups is 1. The van der Waals surface area contributed by atoms with E-state index in [-0.39, 0.29) is 11.6 Å². The molecule has 1 aromatic heterocycles. The van der Waals surface area contributed by atoms with Crippen molar-refractivity contribution in [2.24, 2.45) is 11.8 Å². The molecule has 2 aliphatic rings. The molecule has 1 saturated heterocycles. The highest BCUT2D eigenvalue weighted by molar-refractivity contribution is 5.94. The van der Waals surface area contributed by atoms with Gasteiger partial charge in [-0.05, 0) is 87.1 Å². The van der Waals surface area contributed by atoms with Crippen LogP contribution in [0.1, 0.15) is 61.1 Å². The summed E-state index contributed by atoms with van der Waals surface area (Å²) in [6, 6.07) is 15.2. The summed E-state index contributed by atoms with van der Waals surface area (Å²) in [5.74, 6) is 2.47. The van der Waals surface area contributed by atoms with Crippen LogP contribution in [0, 0.1) is 24.6 Å². The van der Waals surface area contributed by atoms with Gasteiger partial charge in [-0.3, -0.25) is 9.78 Å². The van der Waals surface area contributed by atoms with Gasteiger partial charge in [0.05, 0.1) is 31.4 Å². The molecule has 2 aromatic carbocycles. The maximum absolute atomic E-state index is 13.6. The van der Waals surface area contributed by atoms with Crippen molar-refractivity contribution < 1.29 is 23.6 Å². The number of rotatable bonds is 10. The predicted molar refractivity (Wildman–Crippen MR) is 146 cm³/mol. The number of Topliss-reactive ketones (excluding diaryl/α,β-unsaturated/α-hetero) is 1. The summed E-state index contributed by atoms with van der Waals surface area (Å²) >= 11 is 0. The lowest BCUT2D eigenvalue weighted by Gasteiger charge is -2.23. The molecule has 1 aliphatic carbocycles. The van der Waals surface area contributed by atoms with E-state index in [1.54, 1.807) is 23.2 Å². The van der Waals surface area contributed by atoms with Gasteiger partial charge in [0, 0.05) is 30.5 Å². The summed E-state index contributed by atoms with van der Waals surface area (Å²) in [7, 11) is 0. The average Bonchev–Trinajstić information content (AvgIpc) is 3.48. The smallest absolute Gasteiger partial charge is 0.181 e. The third-order valence-electron chi connectivity index (χ3n) is 8.23. The second-order valence-electron chi connectivity index (χ2n) is 10.7. The van der Waals surface area contributed by atoms with E-state index in [1.807, 2.05) is 32.9 Å². The summed E-state index contributed by atoms with van der Waals surface area (Å²) in [4.78, 5) is 18.9. The predicted octanol–water partition coefficient (Wildman–Crippen LogP) is 5.45. The van der Waals surface area contributed by atoms with Gasteiger partial charge in [0.15, 0.2) is 5.78 Å². The summed E-state index contributed by atoms with van der Waals surface area (Å²) in [5.41, 5.74) is 4.61. The highest BCUT2D eigenvalue weighted by Crippen LogP contribution is 2.41. The van der Waals surface area contributed by atoms with Crippen LogP contribution in [0.4, 0.5) is 4.39 Å². The molecule has 200 valence electrons. The van der Waals surface area contributed by atoms with Gasteiger partial charge >= 0.3 is 0 Å². The number of benzene rings is 2. The van der Waals surface area contributed by atoms with Crippen molar-refractivity contribution in [1.82, 2.24) is 4.98 Å². The Morgan fingerprint density at radius 3 is 2.37 bits per heavy atom. The Bertz CT molecular complexity index is 1250. The fraction of sp³-hybridized carbons (Fsp3) is 0.438. The van der Waals surface area contributed by atoms with E-state index in [0.717, 1.165) is 60.5 Å². The standard InChI is InChI=1S/C32H37FN2O3/c1-4-37-30-17-22(18-31(38-5-2)32(30)23-6-9-25(33)10-7-23)20-35-15-13-26-24(8-11-28(26)35)19-29(36)27-16-21(3)12-14-34-27/h6-7,9-10,12,14,16-18,24,26,28H,4-5,8,11,13,15,19-20H2,1-3H3/p+1/t24?,26-,28+/m0/s1. The Morgan fingerprint density at radius 2 is 1.71 bits per heavy atom. The Kier molecular flexibility index (Phi) is 8.08. The fourth-order valence-electron chi connectivity index (χ4n) is 6.58. The topological polar surface area (TPSA) is 52.9 Å². The summed E-state index contributed by atoms with van der Waals surface area (Å²) in [6.07, 6.45) is 5.75. The van der Waals surface area contributed by atoms with Gasteiger partial charge in [-0.2, -0.15) is 0 Å². The van der Waals surface area contributed by atoms with Crippen molar-refractivity contribution in [2.75, 3.05) is 19.8 Å². The van der Waals surface area contributed by atoms with E-state index < -0.39 is 0 Å². The van der Waals surface area contributed by atoms with Crippen LogP contribution in [0.25, 0.3) is 11.1 Å². The third kappa shape index (κ3) is 5.60. The number of nitrogens with one attached hydrogen (secondary N) is 1. The van der Waals surface area contributed by atoms with Crippen LogP contribution in [0.2, 0.25) is 0 Å². The monoisotopic (exact) mass is 517 g/mol. The largest absolute Gasteiger partial charge is 0.493 e. The number of halogens is 1. The number of hydrogen-bond donors (Lipinski definition) is 1. The minimum absolute atomic E-state index is 0.173. The number of likely N-dealkylation sites (tertiary alicyclic amines) is 1. The molecule has 1 N–H and O–H groups in total. The molecule has 0 bridgehead atoms. The number of aromatic nitrogens is 1. The third-order valence-corrected chi connectivity index (χ3v) is 8.23. The van der Waals surface area contributed by atoms with Crippen LogP contribution in [0.15, 0.2) is 54.7 Å². The van der Waals surface area contributed by atoms with E-state index in [2.05, 4.69) is 17.1 Å². The highest BCUT2D eigenvalue weighted by Gasteiger charge is 2.47. The molecule has 5 nitrogen and oxygen atoms in total. The zero-order valence-corrected chi connectivity index (χ0v) is 22.6. The quantitative estimate of drug-likeness (QED) is 0.364. The van der Waals surface area contributed by atoms with E-state index >= 15 is 0 Å². The lowest BCUT2D eigenvalue weighted by atomic mass is 9.88. The number of quaternary nitrogens is 1. The molecule has 2 heterocycles. The number of aryl methyl sites for hydroxylation is 1. The zero-order chi connectivity index (χ0) is 26.6. The molecule has 5 rings (SSSR count). The first kappa shape index (κ1) is 26.4. The van der Waals surface area contributed by atoms with Crippen molar-refractivity contribution >= 4 is 5.78 Å². The Balaban J connectivity index is 1.33. The van der Waals surface area contributed by atoms with Gasteiger partial charge < -0.3 is 14.4 Å². The average molecular weight is 518 g/mol. The lowest BCUT2D eigenvalue weighted by Crippen LogP contribution is -3.12. The Morgan fingerprint density at radius 1 is 1.00 bits per heavy atom. The SMILES string of the molecule is CCOc1cc(C[NH+]2CC[C@H]3C(CC(=O)c4cc(C)ccn4)CC[C@H]32)cc(OCC)c1-c1ccc(F)cc1. The number of pyridine rings is 1. The molecular weight excluding hydrogens is 479 g/mol. The van der Waals surface area contributed by atoms with Crippen LogP contribution in [0.3, 0.4) is 0 Å². The summed E-state index contributed by atoms with van der Waals surface area (Å²) in [5, 5.41) is 0. The maximum Gasteiger partial charge on any atom is 0.181 e. The molecule has 2 unspecified atom stereocenters. The van der Waals surface area contributed by atoms with Crippen LogP contribution in [0.5, 0.6) is 11.5 Å². The van der Waals surface area contributed by atoms with Gasteiger partial charge in [0.1, 0.15) is 29.6 Å². The van der Waals surface area contributed by atoms with Crippen LogP contribution >= 0.6 is 0 Å². The molecule has 0 spiro atoms. The van der Waals surface area contributed by atoms with Crippen molar-refractivity contribution in [1.29, 1.82) is 0 Å². The molecule has 0 amide bonds. The lowest BCUT2D eigenvalue weighted by molar-refractivity contribution is -0.927. The van der Waals surface area contributed by atoms with E-state index in [4.69, 9.17) is 9.47 Å². The van der Waals surface area contributed by atoms with E-state index in [0.29, 0.717) is 43.2 Å². The molecule has 6 heteroatoms. The first-order chi connectivity index (χ1) is 18.5. The first-order valence-corrected chi connectivity index (χ1v) is 14.0. The van der Waals surface area contributed by atoms with Crippen LogP contribution in [-0.4, -0.2) is 36.6 Å². The minimum Gasteiger partial charge on any atom is -0.493 e. The molecule has 4 atom stereocenters. The summed E-state index contributed by atoms with van der Waals surface area (Å²) in [6.45, 7) is 9.03. The zero-order valence-electron chi connectivity index (χ0n) is 22.6. The highest BCUT2D eigenvalue weighted by atomic mass is 19.1. The van der Waals surface area contributed by atoms with Crippen LogP contribution < -0.4 is 14.4 Å².